The monoisotopic (exact) mass is 272 g/mol. The van der Waals surface area contributed by atoms with E-state index >= 15 is 0 Å². The Balaban J connectivity index is 2.20. The van der Waals surface area contributed by atoms with Gasteiger partial charge in [-0.05, 0) is 31.6 Å². The SMILES string of the molecule is CC1CCC(CNC(=O)NCC(C)(O)C(=O)O)CC1. The number of carboxylic acids is 1. The molecule has 6 nitrogen and oxygen atoms in total. The molecule has 1 fully saturated rings. The van der Waals surface area contributed by atoms with Gasteiger partial charge in [-0.2, -0.15) is 0 Å². The molecule has 1 saturated carbocycles. The van der Waals surface area contributed by atoms with Crippen LogP contribution >= 0.6 is 0 Å². The Morgan fingerprint density at radius 3 is 2.32 bits per heavy atom. The molecule has 4 N–H and O–H groups in total. The van der Waals surface area contributed by atoms with Crippen molar-refractivity contribution in [3.8, 4) is 0 Å². The van der Waals surface area contributed by atoms with Gasteiger partial charge in [0.1, 0.15) is 0 Å². The third-order valence-corrected chi connectivity index (χ3v) is 3.74. The number of aliphatic carboxylic acids is 1. The lowest BCUT2D eigenvalue weighted by molar-refractivity contribution is -0.155. The third kappa shape index (κ3) is 5.46. The summed E-state index contributed by atoms with van der Waals surface area (Å²) < 4.78 is 0. The Hall–Kier alpha value is -1.30. The van der Waals surface area contributed by atoms with Crippen LogP contribution in [-0.4, -0.2) is 40.9 Å². The van der Waals surface area contributed by atoms with Gasteiger partial charge in [-0.25, -0.2) is 9.59 Å². The van der Waals surface area contributed by atoms with Gasteiger partial charge in [0.15, 0.2) is 5.60 Å². The smallest absolute Gasteiger partial charge is 0.337 e. The summed E-state index contributed by atoms with van der Waals surface area (Å²) in [4.78, 5) is 22.1. The number of carbonyl (C=O) groups is 2. The van der Waals surface area contributed by atoms with Gasteiger partial charge in [-0.3, -0.25) is 0 Å². The van der Waals surface area contributed by atoms with Gasteiger partial charge >= 0.3 is 12.0 Å². The average Bonchev–Trinajstić information content (AvgIpc) is 2.35. The highest BCUT2D eigenvalue weighted by atomic mass is 16.4. The molecule has 0 aromatic rings. The van der Waals surface area contributed by atoms with Crippen molar-refractivity contribution < 1.29 is 19.8 Å². The zero-order valence-electron chi connectivity index (χ0n) is 11.6. The Labute approximate surface area is 113 Å². The standard InChI is InChI=1S/C13H24N2O4/c1-9-3-5-10(6-4-9)7-14-12(18)15-8-13(2,19)11(16)17/h9-10,19H,3-8H2,1-2H3,(H,16,17)(H2,14,15,18). The van der Waals surface area contributed by atoms with Crippen LogP contribution in [0.2, 0.25) is 0 Å². The summed E-state index contributed by atoms with van der Waals surface area (Å²) >= 11 is 0. The molecule has 0 heterocycles. The summed E-state index contributed by atoms with van der Waals surface area (Å²) in [7, 11) is 0. The Morgan fingerprint density at radius 1 is 1.21 bits per heavy atom. The zero-order chi connectivity index (χ0) is 14.5. The maximum Gasteiger partial charge on any atom is 0.337 e. The van der Waals surface area contributed by atoms with Crippen molar-refractivity contribution in [1.29, 1.82) is 0 Å². The van der Waals surface area contributed by atoms with Gasteiger partial charge < -0.3 is 20.8 Å². The Bertz CT molecular complexity index is 323. The summed E-state index contributed by atoms with van der Waals surface area (Å²) in [6, 6.07) is -0.430. The predicted octanol–water partition coefficient (Wildman–Crippen LogP) is 0.947. The fourth-order valence-corrected chi connectivity index (χ4v) is 2.16. The zero-order valence-corrected chi connectivity index (χ0v) is 11.6. The van der Waals surface area contributed by atoms with Gasteiger partial charge in [0, 0.05) is 6.54 Å². The fraction of sp³-hybridized carbons (Fsp3) is 0.846. The molecule has 0 bridgehead atoms. The molecule has 0 aromatic carbocycles. The van der Waals surface area contributed by atoms with E-state index < -0.39 is 17.6 Å². The van der Waals surface area contributed by atoms with Crippen molar-refractivity contribution in [3.63, 3.8) is 0 Å². The number of aliphatic hydroxyl groups is 1. The Kier molecular flexibility index (Phi) is 5.60. The lowest BCUT2D eigenvalue weighted by Crippen LogP contribution is -2.49. The number of nitrogens with one attached hydrogen (secondary N) is 2. The second kappa shape index (κ2) is 6.75. The maximum absolute atomic E-state index is 11.5. The van der Waals surface area contributed by atoms with Gasteiger partial charge in [0.25, 0.3) is 0 Å². The molecule has 1 aliphatic carbocycles. The van der Waals surface area contributed by atoms with Crippen molar-refractivity contribution in [3.05, 3.63) is 0 Å². The highest BCUT2D eigenvalue weighted by Gasteiger charge is 2.30. The van der Waals surface area contributed by atoms with E-state index in [1.54, 1.807) is 0 Å². The largest absolute Gasteiger partial charge is 0.479 e. The van der Waals surface area contributed by atoms with Crippen LogP contribution in [0.15, 0.2) is 0 Å². The minimum atomic E-state index is -1.93. The van der Waals surface area contributed by atoms with Crippen LogP contribution in [0.5, 0.6) is 0 Å². The predicted molar refractivity (Wildman–Crippen MR) is 70.8 cm³/mol. The highest BCUT2D eigenvalue weighted by molar-refractivity contribution is 5.79. The first kappa shape index (κ1) is 15.8. The van der Waals surface area contributed by atoms with E-state index in [2.05, 4.69) is 17.6 Å². The van der Waals surface area contributed by atoms with Crippen molar-refractivity contribution in [2.45, 2.75) is 45.1 Å². The number of carboxylic acid groups (broad SMARTS) is 1. The molecule has 2 amide bonds. The van der Waals surface area contributed by atoms with E-state index in [4.69, 9.17) is 5.11 Å². The molecule has 0 aromatic heterocycles. The van der Waals surface area contributed by atoms with E-state index in [1.807, 2.05) is 0 Å². The molecule has 6 heteroatoms. The lowest BCUT2D eigenvalue weighted by atomic mass is 9.83. The number of carbonyl (C=O) groups excluding carboxylic acids is 1. The molecule has 1 aliphatic rings. The molecule has 0 saturated heterocycles. The van der Waals surface area contributed by atoms with Crippen LogP contribution in [0.1, 0.15) is 39.5 Å². The molecule has 110 valence electrons. The number of hydrogen-bond acceptors (Lipinski definition) is 3. The first-order valence-electron chi connectivity index (χ1n) is 6.78. The number of rotatable bonds is 5. The molecule has 1 atom stereocenters. The van der Waals surface area contributed by atoms with E-state index in [0.29, 0.717) is 12.5 Å². The van der Waals surface area contributed by atoms with Gasteiger partial charge in [-0.15, -0.1) is 0 Å². The molecule has 1 unspecified atom stereocenters. The van der Waals surface area contributed by atoms with Crippen LogP contribution in [0.25, 0.3) is 0 Å². The molecule has 19 heavy (non-hydrogen) atoms. The third-order valence-electron chi connectivity index (χ3n) is 3.74. The summed E-state index contributed by atoms with van der Waals surface area (Å²) in [6.45, 7) is 3.69. The number of amides is 2. The maximum atomic E-state index is 11.5. The molecular weight excluding hydrogens is 248 g/mol. The van der Waals surface area contributed by atoms with Crippen LogP contribution < -0.4 is 10.6 Å². The lowest BCUT2D eigenvalue weighted by Gasteiger charge is -2.26. The van der Waals surface area contributed by atoms with Crippen LogP contribution in [-0.2, 0) is 4.79 Å². The normalized spacial score (nSPS) is 26.3. The van der Waals surface area contributed by atoms with E-state index in [0.717, 1.165) is 25.7 Å². The molecular formula is C13H24N2O4. The second-order valence-electron chi connectivity index (χ2n) is 5.77. The topological polar surface area (TPSA) is 98.7 Å². The second-order valence-corrected chi connectivity index (χ2v) is 5.77. The van der Waals surface area contributed by atoms with Crippen molar-refractivity contribution in [2.75, 3.05) is 13.1 Å². The first-order valence-corrected chi connectivity index (χ1v) is 6.78. The minimum Gasteiger partial charge on any atom is -0.479 e. The van der Waals surface area contributed by atoms with Crippen LogP contribution in [0, 0.1) is 11.8 Å². The molecule has 1 rings (SSSR count). The van der Waals surface area contributed by atoms with Gasteiger partial charge in [0.2, 0.25) is 0 Å². The molecule has 0 spiro atoms. The van der Waals surface area contributed by atoms with E-state index in [9.17, 15) is 14.7 Å². The van der Waals surface area contributed by atoms with Gasteiger partial charge in [0.05, 0.1) is 6.54 Å². The number of urea groups is 1. The summed E-state index contributed by atoms with van der Waals surface area (Å²) in [5, 5.41) is 23.2. The first-order chi connectivity index (χ1) is 8.81. The van der Waals surface area contributed by atoms with Crippen molar-refractivity contribution in [2.24, 2.45) is 11.8 Å². The summed E-state index contributed by atoms with van der Waals surface area (Å²) in [5.74, 6) is -0.0771. The summed E-state index contributed by atoms with van der Waals surface area (Å²) in [5.41, 5.74) is -1.93. The number of hydrogen-bond donors (Lipinski definition) is 4. The fourth-order valence-electron chi connectivity index (χ4n) is 2.16. The highest BCUT2D eigenvalue weighted by Crippen LogP contribution is 2.27. The Morgan fingerprint density at radius 2 is 1.79 bits per heavy atom. The van der Waals surface area contributed by atoms with E-state index in [1.165, 1.54) is 12.8 Å². The van der Waals surface area contributed by atoms with Gasteiger partial charge in [-0.1, -0.05) is 19.8 Å². The molecule has 0 radical (unpaired) electrons. The summed E-state index contributed by atoms with van der Waals surface area (Å²) in [6.07, 6.45) is 4.63. The molecule has 0 aliphatic heterocycles. The average molecular weight is 272 g/mol. The van der Waals surface area contributed by atoms with Crippen molar-refractivity contribution in [1.82, 2.24) is 10.6 Å². The van der Waals surface area contributed by atoms with Crippen LogP contribution in [0.3, 0.4) is 0 Å². The van der Waals surface area contributed by atoms with Crippen LogP contribution in [0.4, 0.5) is 4.79 Å². The minimum absolute atomic E-state index is 0.310. The quantitative estimate of drug-likeness (QED) is 0.599. The van der Waals surface area contributed by atoms with E-state index in [-0.39, 0.29) is 6.54 Å². The van der Waals surface area contributed by atoms with Crippen molar-refractivity contribution >= 4 is 12.0 Å².